The largest absolute Gasteiger partial charge is 0.412 e. The van der Waals surface area contributed by atoms with Crippen molar-refractivity contribution in [2.45, 2.75) is 18.9 Å². The Morgan fingerprint density at radius 1 is 1.41 bits per heavy atom. The fourth-order valence-corrected chi connectivity index (χ4v) is 2.03. The van der Waals surface area contributed by atoms with Gasteiger partial charge in [-0.05, 0) is 31.8 Å². The zero-order valence-corrected chi connectivity index (χ0v) is 11.4. The summed E-state index contributed by atoms with van der Waals surface area (Å²) in [6.45, 7) is 2.01. The van der Waals surface area contributed by atoms with Gasteiger partial charge in [-0.15, -0.1) is 24.8 Å². The van der Waals surface area contributed by atoms with Crippen LogP contribution in [0.1, 0.15) is 24.8 Å². The lowest BCUT2D eigenvalue weighted by Crippen LogP contribution is -2.31. The molecule has 1 aromatic heterocycles. The van der Waals surface area contributed by atoms with E-state index in [0.717, 1.165) is 31.8 Å². The highest BCUT2D eigenvalue weighted by molar-refractivity contribution is 5.85. The molecular formula is C10H21Cl2N3O2. The maximum absolute atomic E-state index is 10.1. The Morgan fingerprint density at radius 2 is 2.00 bits per heavy atom. The number of aryl methyl sites for hydroxylation is 1. The SMILES string of the molecule is Cl.Cl.Cn1ccnc1C(O)C1CCNCC1.O. The molecular weight excluding hydrogens is 265 g/mol. The first-order valence-corrected chi connectivity index (χ1v) is 5.15. The summed E-state index contributed by atoms with van der Waals surface area (Å²) in [6, 6.07) is 0. The number of piperidine rings is 1. The first kappa shape index (κ1) is 19.0. The van der Waals surface area contributed by atoms with Crippen LogP contribution < -0.4 is 5.32 Å². The van der Waals surface area contributed by atoms with Crippen LogP contribution in [-0.4, -0.2) is 33.2 Å². The smallest absolute Gasteiger partial charge is 0.137 e. The first-order valence-electron chi connectivity index (χ1n) is 5.15. The van der Waals surface area contributed by atoms with Crippen LogP contribution in [0.4, 0.5) is 0 Å². The quantitative estimate of drug-likeness (QED) is 0.829. The highest BCUT2D eigenvalue weighted by atomic mass is 35.5. The normalized spacial score (nSPS) is 17.3. The molecule has 7 heteroatoms. The van der Waals surface area contributed by atoms with Crippen molar-refractivity contribution in [2.75, 3.05) is 13.1 Å². The molecule has 2 rings (SSSR count). The molecule has 0 bridgehead atoms. The predicted molar refractivity (Wildman–Crippen MR) is 71.9 cm³/mol. The van der Waals surface area contributed by atoms with Crippen LogP contribution in [-0.2, 0) is 7.05 Å². The lowest BCUT2D eigenvalue weighted by molar-refractivity contribution is 0.0787. The number of hydrogen-bond donors (Lipinski definition) is 2. The van der Waals surface area contributed by atoms with Crippen molar-refractivity contribution in [3.8, 4) is 0 Å². The summed E-state index contributed by atoms with van der Waals surface area (Å²) < 4.78 is 1.90. The van der Waals surface area contributed by atoms with Crippen LogP contribution in [0.25, 0.3) is 0 Å². The van der Waals surface area contributed by atoms with E-state index in [4.69, 9.17) is 0 Å². The zero-order chi connectivity index (χ0) is 9.97. The number of hydrogen-bond acceptors (Lipinski definition) is 3. The van der Waals surface area contributed by atoms with E-state index in [0.29, 0.717) is 5.92 Å². The van der Waals surface area contributed by atoms with Crippen molar-refractivity contribution >= 4 is 24.8 Å². The number of rotatable bonds is 2. The molecule has 2 heterocycles. The number of halogens is 2. The number of nitrogens with zero attached hydrogens (tertiary/aromatic N) is 2. The second-order valence-corrected chi connectivity index (χ2v) is 3.93. The summed E-state index contributed by atoms with van der Waals surface area (Å²) in [6.07, 6.45) is 5.28. The molecule has 1 fully saturated rings. The Bertz CT molecular complexity index is 303. The van der Waals surface area contributed by atoms with E-state index in [-0.39, 0.29) is 30.3 Å². The minimum absolute atomic E-state index is 0. The minimum atomic E-state index is -0.405. The van der Waals surface area contributed by atoms with E-state index >= 15 is 0 Å². The molecule has 4 N–H and O–H groups in total. The number of imidazole rings is 1. The number of aliphatic hydroxyl groups excluding tert-OH is 1. The van der Waals surface area contributed by atoms with Gasteiger partial charge < -0.3 is 20.5 Å². The molecule has 1 aromatic rings. The fourth-order valence-electron chi connectivity index (χ4n) is 2.03. The molecule has 1 aliphatic heterocycles. The molecule has 0 radical (unpaired) electrons. The molecule has 0 saturated carbocycles. The second-order valence-electron chi connectivity index (χ2n) is 3.93. The van der Waals surface area contributed by atoms with E-state index in [1.807, 2.05) is 17.8 Å². The molecule has 0 aliphatic carbocycles. The van der Waals surface area contributed by atoms with Crippen LogP contribution in [0.3, 0.4) is 0 Å². The van der Waals surface area contributed by atoms with Gasteiger partial charge in [0.1, 0.15) is 11.9 Å². The number of aromatic nitrogens is 2. The van der Waals surface area contributed by atoms with E-state index < -0.39 is 6.10 Å². The molecule has 1 atom stereocenters. The van der Waals surface area contributed by atoms with Gasteiger partial charge in [-0.3, -0.25) is 0 Å². The van der Waals surface area contributed by atoms with Gasteiger partial charge in [0.05, 0.1) is 0 Å². The van der Waals surface area contributed by atoms with Gasteiger partial charge in [-0.25, -0.2) is 4.98 Å². The Kier molecular flexibility index (Phi) is 9.75. The summed E-state index contributed by atoms with van der Waals surface area (Å²) in [4.78, 5) is 4.18. The lowest BCUT2D eigenvalue weighted by atomic mass is 9.92. The van der Waals surface area contributed by atoms with Gasteiger partial charge in [0.25, 0.3) is 0 Å². The van der Waals surface area contributed by atoms with E-state index in [1.165, 1.54) is 0 Å². The van der Waals surface area contributed by atoms with Gasteiger partial charge >= 0.3 is 0 Å². The van der Waals surface area contributed by atoms with Crippen molar-refractivity contribution in [1.82, 2.24) is 14.9 Å². The average Bonchev–Trinajstić information content (AvgIpc) is 2.65. The summed E-state index contributed by atoms with van der Waals surface area (Å²) in [5.41, 5.74) is 0. The second kappa shape index (κ2) is 8.72. The molecule has 1 aliphatic rings. The molecule has 102 valence electrons. The van der Waals surface area contributed by atoms with Crippen LogP contribution >= 0.6 is 24.8 Å². The monoisotopic (exact) mass is 285 g/mol. The Labute approximate surface area is 114 Å². The Morgan fingerprint density at radius 3 is 2.47 bits per heavy atom. The van der Waals surface area contributed by atoms with Crippen LogP contribution in [0.2, 0.25) is 0 Å². The fraction of sp³-hybridized carbons (Fsp3) is 0.700. The van der Waals surface area contributed by atoms with Crippen molar-refractivity contribution in [1.29, 1.82) is 0 Å². The Balaban J connectivity index is 0. The lowest BCUT2D eigenvalue weighted by Gasteiger charge is -2.26. The van der Waals surface area contributed by atoms with E-state index in [2.05, 4.69) is 10.3 Å². The highest BCUT2D eigenvalue weighted by Crippen LogP contribution is 2.27. The van der Waals surface area contributed by atoms with Crippen LogP contribution in [0, 0.1) is 5.92 Å². The van der Waals surface area contributed by atoms with Crippen molar-refractivity contribution in [3.63, 3.8) is 0 Å². The average molecular weight is 286 g/mol. The third kappa shape index (κ3) is 4.44. The predicted octanol–water partition coefficient (Wildman–Crippen LogP) is 0.472. The third-order valence-electron chi connectivity index (χ3n) is 2.95. The van der Waals surface area contributed by atoms with Gasteiger partial charge in [0.2, 0.25) is 0 Å². The third-order valence-corrected chi connectivity index (χ3v) is 2.95. The molecule has 0 spiro atoms. The maximum atomic E-state index is 10.1. The van der Waals surface area contributed by atoms with E-state index in [9.17, 15) is 5.11 Å². The summed E-state index contributed by atoms with van der Waals surface area (Å²) in [7, 11) is 1.92. The standard InChI is InChI=1S/C10H17N3O.2ClH.H2O/c1-13-7-6-12-10(13)9(14)8-2-4-11-5-3-8;;;/h6-9,11,14H,2-5H2,1H3;2*1H;1H2. The summed E-state index contributed by atoms with van der Waals surface area (Å²) >= 11 is 0. The van der Waals surface area contributed by atoms with Gasteiger partial charge in [-0.1, -0.05) is 0 Å². The summed E-state index contributed by atoms with van der Waals surface area (Å²) in [5, 5.41) is 13.4. The molecule has 17 heavy (non-hydrogen) atoms. The highest BCUT2D eigenvalue weighted by Gasteiger charge is 2.25. The van der Waals surface area contributed by atoms with Gasteiger partial charge in [0.15, 0.2) is 0 Å². The van der Waals surface area contributed by atoms with Gasteiger partial charge in [0, 0.05) is 19.4 Å². The first-order chi connectivity index (χ1) is 6.79. The van der Waals surface area contributed by atoms with Crippen LogP contribution in [0.15, 0.2) is 12.4 Å². The zero-order valence-electron chi connectivity index (χ0n) is 9.80. The number of nitrogens with one attached hydrogen (secondary N) is 1. The molecule has 1 saturated heterocycles. The number of aliphatic hydroxyl groups is 1. The topological polar surface area (TPSA) is 81.6 Å². The van der Waals surface area contributed by atoms with Crippen LogP contribution in [0.5, 0.6) is 0 Å². The van der Waals surface area contributed by atoms with Crippen molar-refractivity contribution < 1.29 is 10.6 Å². The molecule has 1 unspecified atom stereocenters. The van der Waals surface area contributed by atoms with E-state index in [1.54, 1.807) is 6.20 Å². The molecule has 0 aromatic carbocycles. The Hall–Kier alpha value is -0.330. The van der Waals surface area contributed by atoms with Gasteiger partial charge in [-0.2, -0.15) is 0 Å². The minimum Gasteiger partial charge on any atom is -0.412 e. The maximum Gasteiger partial charge on any atom is 0.137 e. The molecule has 5 nitrogen and oxygen atoms in total. The van der Waals surface area contributed by atoms with Crippen molar-refractivity contribution in [2.24, 2.45) is 13.0 Å². The van der Waals surface area contributed by atoms with Crippen molar-refractivity contribution in [3.05, 3.63) is 18.2 Å². The summed E-state index contributed by atoms with van der Waals surface area (Å²) in [5.74, 6) is 1.15. The molecule has 0 amide bonds.